The standard InChI is InChI=1S/C22H25N3O3/c1-3-4-5-8-15-28-17-13-11-16(12-14-17)21(26)24-23-20-18-9-6-7-10-19(18)25(2)22(20)27/h6-7,9-14,27H,3-5,8,15H2,1-2H3. The molecule has 0 saturated carbocycles. The Labute approximate surface area is 164 Å². The van der Waals surface area contributed by atoms with Crippen LogP contribution in [0.2, 0.25) is 0 Å². The molecule has 0 radical (unpaired) electrons. The molecule has 1 aromatic heterocycles. The second kappa shape index (κ2) is 9.17. The highest BCUT2D eigenvalue weighted by atomic mass is 16.5. The van der Waals surface area contributed by atoms with Crippen LogP contribution in [0.1, 0.15) is 43.0 Å². The number of carbonyl (C=O) groups excluding carboxylic acids is 1. The Bertz CT molecular complexity index is 975. The summed E-state index contributed by atoms with van der Waals surface area (Å²) in [4.78, 5) is 12.3. The van der Waals surface area contributed by atoms with Gasteiger partial charge in [-0.05, 0) is 36.8 Å². The van der Waals surface area contributed by atoms with Crippen LogP contribution >= 0.6 is 0 Å². The summed E-state index contributed by atoms with van der Waals surface area (Å²) in [6, 6.07) is 14.3. The third-order valence-electron chi connectivity index (χ3n) is 4.66. The van der Waals surface area contributed by atoms with Crippen molar-refractivity contribution in [1.29, 1.82) is 0 Å². The number of benzene rings is 2. The Morgan fingerprint density at radius 1 is 1.07 bits per heavy atom. The monoisotopic (exact) mass is 379 g/mol. The predicted octanol–water partition coefficient (Wildman–Crippen LogP) is 5.77. The lowest BCUT2D eigenvalue weighted by molar-refractivity contribution is 0.0995. The van der Waals surface area contributed by atoms with E-state index in [-0.39, 0.29) is 5.88 Å². The van der Waals surface area contributed by atoms with Crippen LogP contribution in [0.5, 0.6) is 11.6 Å². The third-order valence-corrected chi connectivity index (χ3v) is 4.66. The average Bonchev–Trinajstić information content (AvgIpc) is 2.97. The minimum atomic E-state index is -0.471. The van der Waals surface area contributed by atoms with E-state index in [9.17, 15) is 9.90 Å². The molecule has 0 atom stereocenters. The lowest BCUT2D eigenvalue weighted by Crippen LogP contribution is -1.98. The molecule has 1 heterocycles. The van der Waals surface area contributed by atoms with E-state index in [1.165, 1.54) is 12.8 Å². The minimum Gasteiger partial charge on any atom is -0.494 e. The second-order valence-electron chi connectivity index (χ2n) is 6.69. The summed E-state index contributed by atoms with van der Waals surface area (Å²) >= 11 is 0. The van der Waals surface area contributed by atoms with Gasteiger partial charge in [0.15, 0.2) is 5.69 Å². The van der Waals surface area contributed by atoms with E-state index >= 15 is 0 Å². The first-order valence-corrected chi connectivity index (χ1v) is 9.57. The zero-order valence-corrected chi connectivity index (χ0v) is 16.3. The quantitative estimate of drug-likeness (QED) is 0.399. The van der Waals surface area contributed by atoms with Gasteiger partial charge in [0.1, 0.15) is 5.75 Å². The number of hydrogen-bond donors (Lipinski definition) is 1. The lowest BCUT2D eigenvalue weighted by Gasteiger charge is -2.06. The number of amides is 1. The van der Waals surface area contributed by atoms with E-state index in [2.05, 4.69) is 17.2 Å². The number of aromatic hydroxyl groups is 1. The van der Waals surface area contributed by atoms with Gasteiger partial charge < -0.3 is 14.4 Å². The van der Waals surface area contributed by atoms with Crippen molar-refractivity contribution < 1.29 is 14.6 Å². The van der Waals surface area contributed by atoms with Crippen LogP contribution in [-0.2, 0) is 7.05 Å². The van der Waals surface area contributed by atoms with E-state index in [1.54, 1.807) is 35.9 Å². The number of para-hydroxylation sites is 1. The van der Waals surface area contributed by atoms with Gasteiger partial charge in [0, 0.05) is 18.0 Å². The Balaban J connectivity index is 1.66. The largest absolute Gasteiger partial charge is 0.494 e. The van der Waals surface area contributed by atoms with Crippen LogP contribution in [-0.4, -0.2) is 22.2 Å². The molecule has 6 nitrogen and oxygen atoms in total. The van der Waals surface area contributed by atoms with Gasteiger partial charge >= 0.3 is 0 Å². The lowest BCUT2D eigenvalue weighted by atomic mass is 10.2. The number of hydrogen-bond acceptors (Lipinski definition) is 4. The van der Waals surface area contributed by atoms with Gasteiger partial charge in [0.2, 0.25) is 5.88 Å². The van der Waals surface area contributed by atoms with E-state index in [4.69, 9.17) is 4.74 Å². The van der Waals surface area contributed by atoms with Crippen molar-refractivity contribution >= 4 is 22.5 Å². The van der Waals surface area contributed by atoms with Gasteiger partial charge in [-0.3, -0.25) is 4.79 Å². The molecule has 0 unspecified atom stereocenters. The number of aromatic nitrogens is 1. The van der Waals surface area contributed by atoms with Crippen LogP contribution in [0.4, 0.5) is 5.69 Å². The van der Waals surface area contributed by atoms with E-state index in [1.807, 2.05) is 24.3 Å². The highest BCUT2D eigenvalue weighted by molar-refractivity contribution is 5.97. The molecule has 1 amide bonds. The van der Waals surface area contributed by atoms with Crippen LogP contribution in [0.25, 0.3) is 10.9 Å². The van der Waals surface area contributed by atoms with Crippen molar-refractivity contribution in [3.63, 3.8) is 0 Å². The van der Waals surface area contributed by atoms with Gasteiger partial charge in [-0.1, -0.05) is 44.4 Å². The highest BCUT2D eigenvalue weighted by Gasteiger charge is 2.14. The van der Waals surface area contributed by atoms with Crippen molar-refractivity contribution in [2.24, 2.45) is 17.3 Å². The molecule has 2 aromatic carbocycles. The molecule has 1 N–H and O–H groups in total. The smallest absolute Gasteiger partial charge is 0.295 e. The molecular weight excluding hydrogens is 354 g/mol. The topological polar surface area (TPSA) is 76.2 Å². The Hall–Kier alpha value is -3.15. The number of rotatable bonds is 8. The molecule has 0 fully saturated rings. The summed E-state index contributed by atoms with van der Waals surface area (Å²) < 4.78 is 7.29. The number of carbonyl (C=O) groups is 1. The van der Waals surface area contributed by atoms with Crippen molar-refractivity contribution in [3.05, 3.63) is 54.1 Å². The van der Waals surface area contributed by atoms with Crippen molar-refractivity contribution in [3.8, 4) is 11.6 Å². The maximum atomic E-state index is 12.3. The molecule has 0 bridgehead atoms. The molecule has 0 aliphatic carbocycles. The van der Waals surface area contributed by atoms with Crippen molar-refractivity contribution in [2.45, 2.75) is 32.6 Å². The molecular formula is C22H25N3O3. The first-order valence-electron chi connectivity index (χ1n) is 9.57. The average molecular weight is 379 g/mol. The summed E-state index contributed by atoms with van der Waals surface area (Å²) in [5, 5.41) is 18.8. The summed E-state index contributed by atoms with van der Waals surface area (Å²) in [7, 11) is 1.74. The minimum absolute atomic E-state index is 0.0235. The summed E-state index contributed by atoms with van der Waals surface area (Å²) in [6.45, 7) is 2.85. The van der Waals surface area contributed by atoms with Crippen molar-refractivity contribution in [2.75, 3.05) is 6.61 Å². The summed E-state index contributed by atoms with van der Waals surface area (Å²) in [5.74, 6) is 0.239. The molecule has 0 aliphatic rings. The summed E-state index contributed by atoms with van der Waals surface area (Å²) in [5.41, 5.74) is 1.53. The fourth-order valence-corrected chi connectivity index (χ4v) is 3.02. The number of ether oxygens (including phenoxy) is 1. The SMILES string of the molecule is CCCCCCOc1ccc(C(=O)N=Nc2c(O)n(C)c3ccccc23)cc1. The third kappa shape index (κ3) is 4.39. The van der Waals surface area contributed by atoms with Crippen LogP contribution in [0.15, 0.2) is 58.8 Å². The molecule has 3 aromatic rings. The molecule has 0 saturated heterocycles. The molecule has 0 aliphatic heterocycles. The Morgan fingerprint density at radius 2 is 1.82 bits per heavy atom. The molecule has 146 valence electrons. The first kappa shape index (κ1) is 19.6. The zero-order chi connectivity index (χ0) is 19.9. The van der Waals surface area contributed by atoms with Gasteiger partial charge in [0.05, 0.1) is 12.1 Å². The Kier molecular flexibility index (Phi) is 6.42. The van der Waals surface area contributed by atoms with E-state index in [0.717, 1.165) is 29.5 Å². The van der Waals surface area contributed by atoms with Crippen LogP contribution < -0.4 is 4.74 Å². The number of unbranched alkanes of at least 4 members (excludes halogenated alkanes) is 3. The van der Waals surface area contributed by atoms with Gasteiger partial charge in [0.25, 0.3) is 5.91 Å². The van der Waals surface area contributed by atoms with Gasteiger partial charge in [-0.2, -0.15) is 0 Å². The number of aryl methyl sites for hydroxylation is 1. The maximum Gasteiger partial charge on any atom is 0.295 e. The van der Waals surface area contributed by atoms with Crippen LogP contribution in [0.3, 0.4) is 0 Å². The fourth-order valence-electron chi connectivity index (χ4n) is 3.02. The van der Waals surface area contributed by atoms with Gasteiger partial charge in [-0.15, -0.1) is 10.2 Å². The Morgan fingerprint density at radius 3 is 2.57 bits per heavy atom. The number of nitrogens with zero attached hydrogens (tertiary/aromatic N) is 3. The predicted molar refractivity (Wildman–Crippen MR) is 110 cm³/mol. The van der Waals surface area contributed by atoms with Crippen LogP contribution in [0, 0.1) is 0 Å². The van der Waals surface area contributed by atoms with Crippen molar-refractivity contribution in [1.82, 2.24) is 4.57 Å². The number of fused-ring (bicyclic) bond motifs is 1. The molecule has 3 rings (SSSR count). The molecule has 0 spiro atoms. The molecule has 28 heavy (non-hydrogen) atoms. The normalized spacial score (nSPS) is 11.4. The zero-order valence-electron chi connectivity index (χ0n) is 16.3. The first-order chi connectivity index (χ1) is 13.6. The summed E-state index contributed by atoms with van der Waals surface area (Å²) in [6.07, 6.45) is 4.60. The van der Waals surface area contributed by atoms with E-state index < -0.39 is 5.91 Å². The van der Waals surface area contributed by atoms with E-state index in [0.29, 0.717) is 17.9 Å². The second-order valence-corrected chi connectivity index (χ2v) is 6.69. The van der Waals surface area contributed by atoms with Gasteiger partial charge in [-0.25, -0.2) is 0 Å². The maximum absolute atomic E-state index is 12.3. The highest BCUT2D eigenvalue weighted by Crippen LogP contribution is 2.37. The number of azo groups is 1. The molecule has 6 heteroatoms. The fraction of sp³-hybridized carbons (Fsp3) is 0.318.